The Labute approximate surface area is 201 Å². The van der Waals surface area contributed by atoms with Crippen LogP contribution in [0.25, 0.3) is 22.5 Å². The number of aromatic nitrogens is 2. The number of hydrogen-bond acceptors (Lipinski definition) is 6. The number of hydrogen-bond donors (Lipinski definition) is 2. The second kappa shape index (κ2) is 10.3. The highest BCUT2D eigenvalue weighted by Crippen LogP contribution is 2.27. The smallest absolute Gasteiger partial charge is 0.422 e. The van der Waals surface area contributed by atoms with Gasteiger partial charge in [-0.05, 0) is 75.0 Å². The van der Waals surface area contributed by atoms with Crippen LogP contribution in [-0.2, 0) is 0 Å². The van der Waals surface area contributed by atoms with Crippen LogP contribution in [0.3, 0.4) is 0 Å². The van der Waals surface area contributed by atoms with Gasteiger partial charge in [0.25, 0.3) is 5.91 Å². The lowest BCUT2D eigenvalue weighted by Crippen LogP contribution is -2.46. The third-order valence-electron chi connectivity index (χ3n) is 5.68. The third kappa shape index (κ3) is 6.69. The molecular formula is C25H26F3N5O2. The molecule has 0 radical (unpaired) electrons. The number of pyridine rings is 2. The SMILES string of the molecule is CN1CCC[C@H](NC(=O)c2cc(-c3ccc(OCC(F)(F)F)cc3)nc(-c3ccc(N)nc3)c2)C1. The summed E-state index contributed by atoms with van der Waals surface area (Å²) in [7, 11) is 2.02. The van der Waals surface area contributed by atoms with Crippen LogP contribution >= 0.6 is 0 Å². The number of carbonyl (C=O) groups is 1. The van der Waals surface area contributed by atoms with Crippen molar-refractivity contribution in [1.29, 1.82) is 0 Å². The first-order chi connectivity index (χ1) is 16.7. The zero-order valence-electron chi connectivity index (χ0n) is 19.2. The van der Waals surface area contributed by atoms with E-state index in [2.05, 4.69) is 20.2 Å². The molecule has 7 nitrogen and oxygen atoms in total. The Hall–Kier alpha value is -3.66. The van der Waals surface area contributed by atoms with Crippen LogP contribution in [-0.4, -0.2) is 59.7 Å². The van der Waals surface area contributed by atoms with E-state index in [1.165, 1.54) is 12.1 Å². The van der Waals surface area contributed by atoms with Crippen LogP contribution in [0.1, 0.15) is 23.2 Å². The average Bonchev–Trinajstić information content (AvgIpc) is 2.83. The van der Waals surface area contributed by atoms with E-state index in [4.69, 9.17) is 10.5 Å². The van der Waals surface area contributed by atoms with Crippen molar-refractivity contribution in [2.45, 2.75) is 25.1 Å². The Morgan fingerprint density at radius 1 is 1.14 bits per heavy atom. The molecule has 0 unspecified atom stereocenters. The molecule has 1 atom stereocenters. The van der Waals surface area contributed by atoms with Gasteiger partial charge in [-0.1, -0.05) is 0 Å². The molecule has 4 rings (SSSR count). The van der Waals surface area contributed by atoms with E-state index >= 15 is 0 Å². The first-order valence-electron chi connectivity index (χ1n) is 11.2. The molecule has 0 saturated carbocycles. The van der Waals surface area contributed by atoms with E-state index in [9.17, 15) is 18.0 Å². The van der Waals surface area contributed by atoms with Gasteiger partial charge in [-0.3, -0.25) is 4.79 Å². The maximum atomic E-state index is 13.2. The van der Waals surface area contributed by atoms with E-state index in [0.29, 0.717) is 33.9 Å². The second-order valence-corrected chi connectivity index (χ2v) is 8.60. The minimum atomic E-state index is -4.42. The zero-order valence-corrected chi connectivity index (χ0v) is 19.2. The summed E-state index contributed by atoms with van der Waals surface area (Å²) in [4.78, 5) is 24.1. The molecular weight excluding hydrogens is 459 g/mol. The van der Waals surface area contributed by atoms with Crippen molar-refractivity contribution in [3.8, 4) is 28.3 Å². The van der Waals surface area contributed by atoms with Gasteiger partial charge in [0, 0.05) is 35.5 Å². The summed E-state index contributed by atoms with van der Waals surface area (Å²) >= 11 is 0. The normalized spacial score (nSPS) is 16.6. The monoisotopic (exact) mass is 485 g/mol. The van der Waals surface area contributed by atoms with Crippen molar-refractivity contribution >= 4 is 11.7 Å². The van der Waals surface area contributed by atoms with Crippen molar-refractivity contribution in [3.63, 3.8) is 0 Å². The van der Waals surface area contributed by atoms with Gasteiger partial charge in [0.15, 0.2) is 6.61 Å². The molecule has 1 fully saturated rings. The van der Waals surface area contributed by atoms with E-state index in [-0.39, 0.29) is 17.7 Å². The lowest BCUT2D eigenvalue weighted by Gasteiger charge is -2.30. The topological polar surface area (TPSA) is 93.4 Å². The standard InChI is InChI=1S/C25H26F3N5O2/c1-33-10-2-3-19(14-33)31-24(34)18-11-21(32-22(12-18)17-6-9-23(29)30-13-17)16-4-7-20(8-5-16)35-15-25(26,27)28/h4-9,11-13,19H,2-3,10,14-15H2,1H3,(H2,29,30)(H,31,34)/t19-/m0/s1. The molecule has 1 saturated heterocycles. The molecule has 3 N–H and O–H groups in total. The number of carbonyl (C=O) groups excluding carboxylic acids is 1. The second-order valence-electron chi connectivity index (χ2n) is 8.60. The number of piperidine rings is 1. The summed E-state index contributed by atoms with van der Waals surface area (Å²) in [5.74, 6) is 0.229. The molecule has 3 heterocycles. The number of benzene rings is 1. The third-order valence-corrected chi connectivity index (χ3v) is 5.68. The van der Waals surface area contributed by atoms with Gasteiger partial charge in [0.05, 0.1) is 11.4 Å². The van der Waals surface area contributed by atoms with Crippen molar-refractivity contribution in [2.24, 2.45) is 0 Å². The highest BCUT2D eigenvalue weighted by atomic mass is 19.4. The van der Waals surface area contributed by atoms with E-state index in [1.807, 2.05) is 7.05 Å². The summed E-state index contributed by atoms with van der Waals surface area (Å²) in [6.07, 6.45) is -0.930. The van der Waals surface area contributed by atoms with Gasteiger partial charge in [0.1, 0.15) is 11.6 Å². The van der Waals surface area contributed by atoms with Crippen LogP contribution in [0.4, 0.5) is 19.0 Å². The summed E-state index contributed by atoms with van der Waals surface area (Å²) in [5, 5.41) is 3.10. The molecule has 3 aromatic rings. The Kier molecular flexibility index (Phi) is 7.20. The molecule has 0 bridgehead atoms. The van der Waals surface area contributed by atoms with Crippen LogP contribution in [0.5, 0.6) is 5.75 Å². The van der Waals surface area contributed by atoms with Crippen LogP contribution in [0.2, 0.25) is 0 Å². The first kappa shape index (κ1) is 24.5. The van der Waals surface area contributed by atoms with E-state index in [0.717, 1.165) is 25.9 Å². The maximum Gasteiger partial charge on any atom is 0.422 e. The fraction of sp³-hybridized carbons (Fsp3) is 0.320. The zero-order chi connectivity index (χ0) is 25.0. The maximum absolute atomic E-state index is 13.2. The molecule has 0 spiro atoms. The Bertz CT molecular complexity index is 1170. The van der Waals surface area contributed by atoms with Gasteiger partial charge in [-0.25, -0.2) is 9.97 Å². The molecule has 1 aliphatic heterocycles. The predicted octanol–water partition coefficient (Wildman–Crippen LogP) is 4.16. The number of nitrogens with one attached hydrogen (secondary N) is 1. The molecule has 1 amide bonds. The number of halogens is 3. The molecule has 184 valence electrons. The van der Waals surface area contributed by atoms with Gasteiger partial charge < -0.3 is 20.7 Å². The highest BCUT2D eigenvalue weighted by molar-refractivity contribution is 5.96. The summed E-state index contributed by atoms with van der Waals surface area (Å²) < 4.78 is 42.1. The minimum absolute atomic E-state index is 0.0459. The van der Waals surface area contributed by atoms with Crippen molar-refractivity contribution in [2.75, 3.05) is 32.5 Å². The number of nitrogens with zero attached hydrogens (tertiary/aromatic N) is 3. The summed E-state index contributed by atoms with van der Waals surface area (Å²) in [6.45, 7) is 0.408. The van der Waals surface area contributed by atoms with Gasteiger partial charge >= 0.3 is 6.18 Å². The number of anilines is 1. The fourth-order valence-electron chi connectivity index (χ4n) is 3.95. The average molecular weight is 486 g/mol. The van der Waals surface area contributed by atoms with Crippen LogP contribution in [0.15, 0.2) is 54.7 Å². The number of ether oxygens (including phenoxy) is 1. The largest absolute Gasteiger partial charge is 0.484 e. The number of amides is 1. The van der Waals surface area contributed by atoms with Gasteiger partial charge in [-0.15, -0.1) is 0 Å². The number of nitrogens with two attached hydrogens (primary N) is 1. The number of rotatable bonds is 6. The lowest BCUT2D eigenvalue weighted by atomic mass is 10.0. The van der Waals surface area contributed by atoms with Gasteiger partial charge in [0.2, 0.25) is 0 Å². The van der Waals surface area contributed by atoms with Crippen molar-refractivity contribution in [3.05, 3.63) is 60.3 Å². The Morgan fingerprint density at radius 2 is 1.83 bits per heavy atom. The van der Waals surface area contributed by atoms with Crippen molar-refractivity contribution < 1.29 is 22.7 Å². The fourth-order valence-corrected chi connectivity index (χ4v) is 3.95. The molecule has 10 heteroatoms. The summed E-state index contributed by atoms with van der Waals surface area (Å²) in [6, 6.07) is 12.9. The van der Waals surface area contributed by atoms with Crippen LogP contribution in [0, 0.1) is 0 Å². The molecule has 35 heavy (non-hydrogen) atoms. The highest BCUT2D eigenvalue weighted by Gasteiger charge is 2.28. The van der Waals surface area contributed by atoms with Crippen LogP contribution < -0.4 is 15.8 Å². The molecule has 0 aliphatic carbocycles. The number of nitrogen functional groups attached to an aromatic ring is 1. The minimum Gasteiger partial charge on any atom is -0.484 e. The number of likely N-dealkylation sites (tertiary alicyclic amines) is 1. The van der Waals surface area contributed by atoms with E-state index in [1.54, 1.807) is 42.6 Å². The number of likely N-dealkylation sites (N-methyl/N-ethyl adjacent to an activating group) is 1. The molecule has 2 aromatic heterocycles. The number of alkyl halides is 3. The van der Waals surface area contributed by atoms with E-state index < -0.39 is 12.8 Å². The predicted molar refractivity (Wildman–Crippen MR) is 127 cm³/mol. The molecule has 1 aromatic carbocycles. The van der Waals surface area contributed by atoms with Gasteiger partial charge in [-0.2, -0.15) is 13.2 Å². The Balaban J connectivity index is 1.63. The molecule has 1 aliphatic rings. The summed E-state index contributed by atoms with van der Waals surface area (Å²) in [5.41, 5.74) is 8.45. The van der Waals surface area contributed by atoms with Crippen molar-refractivity contribution in [1.82, 2.24) is 20.2 Å². The quantitative estimate of drug-likeness (QED) is 0.545. The Morgan fingerprint density at radius 3 is 2.46 bits per heavy atom. The lowest BCUT2D eigenvalue weighted by molar-refractivity contribution is -0.153. The first-order valence-corrected chi connectivity index (χ1v) is 11.2.